The summed E-state index contributed by atoms with van der Waals surface area (Å²) < 4.78 is 5.16. The van der Waals surface area contributed by atoms with E-state index in [1.165, 1.54) is 0 Å². The number of alkyl carbamates (subject to hydrolysis) is 1. The fourth-order valence-electron chi connectivity index (χ4n) is 1.11. The quantitative estimate of drug-likeness (QED) is 0.655. The molecule has 2 unspecified atom stereocenters. The maximum Gasteiger partial charge on any atom is 0.407 e. The van der Waals surface area contributed by atoms with Gasteiger partial charge < -0.3 is 21.1 Å². The smallest absolute Gasteiger partial charge is 0.407 e. The molecule has 96 valence electrons. The standard InChI is InChI=1S/C11H25N3O2/c1-8(13-7-6-12)9(2)14-10(15)16-11(3,4)5/h8-9,13H,6-7,12H2,1-5H3,(H,14,15). The molecular formula is C11H25N3O2. The third-order valence-electron chi connectivity index (χ3n) is 2.11. The zero-order valence-corrected chi connectivity index (χ0v) is 11.0. The van der Waals surface area contributed by atoms with E-state index in [9.17, 15) is 4.79 Å². The average Bonchev–Trinajstić information content (AvgIpc) is 2.10. The molecule has 0 aromatic rings. The van der Waals surface area contributed by atoms with E-state index in [0.29, 0.717) is 6.54 Å². The van der Waals surface area contributed by atoms with E-state index >= 15 is 0 Å². The largest absolute Gasteiger partial charge is 0.444 e. The highest BCUT2D eigenvalue weighted by Gasteiger charge is 2.19. The summed E-state index contributed by atoms with van der Waals surface area (Å²) >= 11 is 0. The number of carbonyl (C=O) groups is 1. The van der Waals surface area contributed by atoms with Gasteiger partial charge in [0.25, 0.3) is 0 Å². The molecule has 0 radical (unpaired) electrons. The average molecular weight is 231 g/mol. The van der Waals surface area contributed by atoms with Gasteiger partial charge in [0.1, 0.15) is 5.60 Å². The molecule has 0 rings (SSSR count). The van der Waals surface area contributed by atoms with Crippen LogP contribution in [-0.2, 0) is 4.74 Å². The summed E-state index contributed by atoms with van der Waals surface area (Å²) in [4.78, 5) is 11.5. The van der Waals surface area contributed by atoms with Gasteiger partial charge in [-0.1, -0.05) is 0 Å². The number of ether oxygens (including phenoxy) is 1. The van der Waals surface area contributed by atoms with Crippen LogP contribution < -0.4 is 16.4 Å². The Morgan fingerprint density at radius 3 is 2.31 bits per heavy atom. The first-order valence-corrected chi connectivity index (χ1v) is 5.69. The highest BCUT2D eigenvalue weighted by molar-refractivity contribution is 5.68. The summed E-state index contributed by atoms with van der Waals surface area (Å²) in [6.07, 6.45) is -0.388. The van der Waals surface area contributed by atoms with E-state index in [4.69, 9.17) is 10.5 Å². The summed E-state index contributed by atoms with van der Waals surface area (Å²) in [5.74, 6) is 0. The Morgan fingerprint density at radius 1 is 1.31 bits per heavy atom. The van der Waals surface area contributed by atoms with Gasteiger partial charge in [-0.2, -0.15) is 0 Å². The molecule has 0 aromatic carbocycles. The predicted molar refractivity (Wildman–Crippen MR) is 65.4 cm³/mol. The van der Waals surface area contributed by atoms with E-state index in [-0.39, 0.29) is 18.2 Å². The monoisotopic (exact) mass is 231 g/mol. The van der Waals surface area contributed by atoms with Crippen LogP contribution in [0.4, 0.5) is 4.79 Å². The highest BCUT2D eigenvalue weighted by Crippen LogP contribution is 2.07. The highest BCUT2D eigenvalue weighted by atomic mass is 16.6. The molecule has 5 nitrogen and oxygen atoms in total. The molecule has 0 fully saturated rings. The van der Waals surface area contributed by atoms with E-state index in [0.717, 1.165) is 6.54 Å². The second-order valence-electron chi connectivity index (χ2n) is 4.97. The molecule has 5 heteroatoms. The first-order chi connectivity index (χ1) is 7.26. The summed E-state index contributed by atoms with van der Waals surface area (Å²) in [5, 5.41) is 5.99. The summed E-state index contributed by atoms with van der Waals surface area (Å²) in [5.41, 5.74) is 4.93. The Balaban J connectivity index is 3.94. The van der Waals surface area contributed by atoms with Crippen molar-refractivity contribution in [3.05, 3.63) is 0 Å². The lowest BCUT2D eigenvalue weighted by atomic mass is 10.1. The second kappa shape index (κ2) is 6.70. The Labute approximate surface area is 98.1 Å². The number of hydrogen-bond acceptors (Lipinski definition) is 4. The number of rotatable bonds is 5. The molecule has 16 heavy (non-hydrogen) atoms. The molecule has 0 spiro atoms. The third kappa shape index (κ3) is 7.48. The van der Waals surface area contributed by atoms with Gasteiger partial charge in [-0.25, -0.2) is 4.79 Å². The van der Waals surface area contributed by atoms with Gasteiger partial charge in [-0.3, -0.25) is 0 Å². The molecule has 0 saturated carbocycles. The van der Waals surface area contributed by atoms with Crippen LogP contribution in [0.1, 0.15) is 34.6 Å². The molecule has 0 aliphatic carbocycles. The fourth-order valence-corrected chi connectivity index (χ4v) is 1.11. The van der Waals surface area contributed by atoms with Gasteiger partial charge in [-0.05, 0) is 34.6 Å². The van der Waals surface area contributed by atoms with Crippen LogP contribution in [0.2, 0.25) is 0 Å². The zero-order valence-electron chi connectivity index (χ0n) is 11.0. The van der Waals surface area contributed by atoms with Gasteiger partial charge >= 0.3 is 6.09 Å². The minimum absolute atomic E-state index is 0.00130. The van der Waals surface area contributed by atoms with Crippen LogP contribution in [0.25, 0.3) is 0 Å². The van der Waals surface area contributed by atoms with Crippen molar-refractivity contribution in [3.8, 4) is 0 Å². The Kier molecular flexibility index (Phi) is 6.36. The zero-order chi connectivity index (χ0) is 12.8. The summed E-state index contributed by atoms with van der Waals surface area (Å²) in [7, 11) is 0. The topological polar surface area (TPSA) is 76.4 Å². The Hall–Kier alpha value is -0.810. The molecule has 0 heterocycles. The first kappa shape index (κ1) is 15.2. The van der Waals surface area contributed by atoms with Crippen LogP contribution in [0.15, 0.2) is 0 Å². The fraction of sp³-hybridized carbons (Fsp3) is 0.909. The molecule has 0 bridgehead atoms. The lowest BCUT2D eigenvalue weighted by molar-refractivity contribution is 0.0499. The van der Waals surface area contributed by atoms with Crippen molar-refractivity contribution < 1.29 is 9.53 Å². The van der Waals surface area contributed by atoms with Crippen LogP contribution in [0, 0.1) is 0 Å². The predicted octanol–water partition coefficient (Wildman–Crippen LogP) is 0.836. The molecule has 0 saturated heterocycles. The maximum absolute atomic E-state index is 11.5. The van der Waals surface area contributed by atoms with E-state index in [1.807, 2.05) is 34.6 Å². The third-order valence-corrected chi connectivity index (χ3v) is 2.11. The van der Waals surface area contributed by atoms with Crippen LogP contribution >= 0.6 is 0 Å². The van der Waals surface area contributed by atoms with Crippen molar-refractivity contribution in [3.63, 3.8) is 0 Å². The maximum atomic E-state index is 11.5. The molecule has 1 amide bonds. The number of carbonyl (C=O) groups excluding carboxylic acids is 1. The minimum atomic E-state index is -0.461. The SMILES string of the molecule is CC(NCCN)C(C)NC(=O)OC(C)(C)C. The van der Waals surface area contributed by atoms with Crippen molar-refractivity contribution in [2.75, 3.05) is 13.1 Å². The van der Waals surface area contributed by atoms with Gasteiger partial charge in [0.05, 0.1) is 0 Å². The van der Waals surface area contributed by atoms with Gasteiger partial charge in [0, 0.05) is 25.2 Å². The van der Waals surface area contributed by atoms with E-state index in [1.54, 1.807) is 0 Å². The molecule has 4 N–H and O–H groups in total. The lowest BCUT2D eigenvalue weighted by Crippen LogP contribution is -2.48. The van der Waals surface area contributed by atoms with Crippen LogP contribution in [-0.4, -0.2) is 36.9 Å². The molecule has 0 aromatic heterocycles. The molecule has 0 aliphatic rings. The van der Waals surface area contributed by atoms with Crippen molar-refractivity contribution >= 4 is 6.09 Å². The number of hydrogen-bond donors (Lipinski definition) is 3. The van der Waals surface area contributed by atoms with E-state index < -0.39 is 5.60 Å². The second-order valence-corrected chi connectivity index (χ2v) is 4.97. The van der Waals surface area contributed by atoms with Gasteiger partial charge in [0.15, 0.2) is 0 Å². The summed E-state index contributed by atoms with van der Waals surface area (Å²) in [6.45, 7) is 10.8. The number of nitrogens with two attached hydrogens (primary N) is 1. The Morgan fingerprint density at radius 2 is 1.88 bits per heavy atom. The molecule has 0 aliphatic heterocycles. The van der Waals surface area contributed by atoms with Gasteiger partial charge in [0.2, 0.25) is 0 Å². The normalized spacial score (nSPS) is 15.4. The minimum Gasteiger partial charge on any atom is -0.444 e. The molecular weight excluding hydrogens is 206 g/mol. The number of nitrogens with one attached hydrogen (secondary N) is 2. The van der Waals surface area contributed by atoms with Crippen molar-refractivity contribution in [1.82, 2.24) is 10.6 Å². The van der Waals surface area contributed by atoms with Crippen molar-refractivity contribution in [1.29, 1.82) is 0 Å². The van der Waals surface area contributed by atoms with Crippen molar-refractivity contribution in [2.45, 2.75) is 52.3 Å². The first-order valence-electron chi connectivity index (χ1n) is 5.69. The van der Waals surface area contributed by atoms with Crippen LogP contribution in [0.5, 0.6) is 0 Å². The Bertz CT molecular complexity index is 214. The lowest BCUT2D eigenvalue weighted by Gasteiger charge is -2.25. The number of amides is 1. The molecule has 2 atom stereocenters. The van der Waals surface area contributed by atoms with Crippen LogP contribution in [0.3, 0.4) is 0 Å². The van der Waals surface area contributed by atoms with Gasteiger partial charge in [-0.15, -0.1) is 0 Å². The van der Waals surface area contributed by atoms with Crippen molar-refractivity contribution in [2.24, 2.45) is 5.73 Å². The van der Waals surface area contributed by atoms with E-state index in [2.05, 4.69) is 10.6 Å². The summed E-state index contributed by atoms with van der Waals surface area (Å²) in [6, 6.07) is 0.164.